The lowest BCUT2D eigenvalue weighted by atomic mass is 10.2. The van der Waals surface area contributed by atoms with Crippen LogP contribution in [0.4, 0.5) is 0 Å². The summed E-state index contributed by atoms with van der Waals surface area (Å²) in [5.41, 5.74) is 0.0356. The lowest BCUT2D eigenvalue weighted by Crippen LogP contribution is -2.36. The molecule has 0 aliphatic rings. The second-order valence-electron chi connectivity index (χ2n) is 4.28. The molecular formula is C10H20O3Si. The van der Waals surface area contributed by atoms with Gasteiger partial charge in [0.25, 0.3) is 0 Å². The van der Waals surface area contributed by atoms with Gasteiger partial charge in [-0.05, 0) is 33.9 Å². The van der Waals surface area contributed by atoms with Crippen LogP contribution in [0.25, 0.3) is 0 Å². The quantitative estimate of drug-likeness (QED) is 0.400. The van der Waals surface area contributed by atoms with Crippen LogP contribution in [0.3, 0.4) is 0 Å². The highest BCUT2D eigenvalue weighted by Gasteiger charge is 2.22. The fourth-order valence-electron chi connectivity index (χ4n) is 1.03. The van der Waals surface area contributed by atoms with Crippen molar-refractivity contribution in [1.29, 1.82) is 0 Å². The van der Waals surface area contributed by atoms with Crippen molar-refractivity contribution in [2.45, 2.75) is 39.5 Å². The molecule has 0 fully saturated rings. The molecule has 0 unspecified atom stereocenters. The number of esters is 1. The average molecular weight is 216 g/mol. The molecule has 0 aromatic heterocycles. The Kier molecular flexibility index (Phi) is 5.08. The van der Waals surface area contributed by atoms with E-state index in [1.54, 1.807) is 6.92 Å². The van der Waals surface area contributed by atoms with Crippen molar-refractivity contribution in [1.82, 2.24) is 0 Å². The zero-order valence-electron chi connectivity index (χ0n) is 9.72. The Balaban J connectivity index is 3.98. The summed E-state index contributed by atoms with van der Waals surface area (Å²) in [5, 5.41) is 0. The Bertz CT molecular complexity index is 221. The zero-order valence-corrected chi connectivity index (χ0v) is 10.9. The maximum Gasteiger partial charge on any atom is 0.333 e. The summed E-state index contributed by atoms with van der Waals surface area (Å²) in [4.78, 5) is 11.1. The van der Waals surface area contributed by atoms with Gasteiger partial charge in [0.1, 0.15) is 6.61 Å². The van der Waals surface area contributed by atoms with E-state index in [0.717, 1.165) is 0 Å². The second kappa shape index (κ2) is 5.31. The lowest BCUT2D eigenvalue weighted by molar-refractivity contribution is -0.144. The lowest BCUT2D eigenvalue weighted by Gasteiger charge is -2.27. The van der Waals surface area contributed by atoms with Gasteiger partial charge in [0.15, 0.2) is 9.04 Å². The minimum absolute atomic E-state index is 0.282. The highest BCUT2D eigenvalue weighted by molar-refractivity contribution is 6.48. The molecule has 82 valence electrons. The van der Waals surface area contributed by atoms with E-state index in [0.29, 0.717) is 5.57 Å². The van der Waals surface area contributed by atoms with E-state index < -0.39 is 9.04 Å². The van der Waals surface area contributed by atoms with Gasteiger partial charge in [-0.15, -0.1) is 0 Å². The Morgan fingerprint density at radius 1 is 1.43 bits per heavy atom. The smallest absolute Gasteiger partial charge is 0.333 e. The largest absolute Gasteiger partial charge is 0.459 e. The summed E-state index contributed by atoms with van der Waals surface area (Å²) >= 11 is 0. The number of rotatable bonds is 5. The van der Waals surface area contributed by atoms with E-state index in [-0.39, 0.29) is 18.2 Å². The first-order valence-corrected chi connectivity index (χ1v) is 7.53. The van der Waals surface area contributed by atoms with Gasteiger partial charge in [0.2, 0.25) is 0 Å². The Morgan fingerprint density at radius 2 is 1.93 bits per heavy atom. The fourth-order valence-corrected chi connectivity index (χ4v) is 2.38. The van der Waals surface area contributed by atoms with Crippen LogP contribution in [0, 0.1) is 0 Å². The number of hydrogen-bond acceptors (Lipinski definition) is 3. The predicted octanol–water partition coefficient (Wildman–Crippen LogP) is 1.88. The van der Waals surface area contributed by atoms with Crippen LogP contribution < -0.4 is 0 Å². The summed E-state index contributed by atoms with van der Waals surface area (Å²) in [6.07, 6.45) is 0. The van der Waals surface area contributed by atoms with E-state index in [1.165, 1.54) is 0 Å². The first-order valence-electron chi connectivity index (χ1n) is 4.75. The molecule has 0 radical (unpaired) electrons. The van der Waals surface area contributed by atoms with E-state index in [1.807, 2.05) is 13.8 Å². The molecule has 0 amide bonds. The molecule has 0 saturated heterocycles. The van der Waals surface area contributed by atoms with Crippen LogP contribution in [0.5, 0.6) is 0 Å². The van der Waals surface area contributed by atoms with Crippen molar-refractivity contribution in [3.05, 3.63) is 12.2 Å². The van der Waals surface area contributed by atoms with E-state index in [9.17, 15) is 4.79 Å². The Labute approximate surface area is 87.8 Å². The van der Waals surface area contributed by atoms with Gasteiger partial charge in [-0.1, -0.05) is 6.58 Å². The molecule has 0 spiro atoms. The molecule has 0 aromatic carbocycles. The Hall–Kier alpha value is -0.613. The number of carbonyl (C=O) groups excluding carboxylic acids is 1. The van der Waals surface area contributed by atoms with Gasteiger partial charge in [0.05, 0.1) is 5.60 Å². The van der Waals surface area contributed by atoms with Gasteiger partial charge < -0.3 is 9.16 Å². The highest BCUT2D eigenvalue weighted by atomic mass is 28.3. The SMILES string of the molecule is C=C(C)C(=O)OCC(C)(C)O[SiH](C)C. The highest BCUT2D eigenvalue weighted by Crippen LogP contribution is 2.12. The normalized spacial score (nSPS) is 11.6. The van der Waals surface area contributed by atoms with Crippen molar-refractivity contribution in [3.8, 4) is 0 Å². The molecule has 0 aromatic rings. The summed E-state index contributed by atoms with van der Waals surface area (Å²) < 4.78 is 10.7. The minimum Gasteiger partial charge on any atom is -0.459 e. The van der Waals surface area contributed by atoms with Crippen LogP contribution >= 0.6 is 0 Å². The van der Waals surface area contributed by atoms with Gasteiger partial charge in [0, 0.05) is 5.57 Å². The molecule has 0 saturated carbocycles. The first-order chi connectivity index (χ1) is 6.24. The second-order valence-corrected chi connectivity index (χ2v) is 6.62. The van der Waals surface area contributed by atoms with Crippen LogP contribution in [-0.2, 0) is 14.0 Å². The van der Waals surface area contributed by atoms with E-state index in [2.05, 4.69) is 19.7 Å². The topological polar surface area (TPSA) is 35.5 Å². The van der Waals surface area contributed by atoms with Gasteiger partial charge in [-0.25, -0.2) is 4.79 Å². The van der Waals surface area contributed by atoms with Gasteiger partial charge in [-0.2, -0.15) is 0 Å². The zero-order chi connectivity index (χ0) is 11.4. The van der Waals surface area contributed by atoms with E-state index in [4.69, 9.17) is 9.16 Å². The predicted molar refractivity (Wildman–Crippen MR) is 59.8 cm³/mol. The third-order valence-electron chi connectivity index (χ3n) is 1.45. The molecular weight excluding hydrogens is 196 g/mol. The Morgan fingerprint density at radius 3 is 2.29 bits per heavy atom. The monoisotopic (exact) mass is 216 g/mol. The first kappa shape index (κ1) is 13.4. The van der Waals surface area contributed by atoms with Gasteiger partial charge in [-0.3, -0.25) is 0 Å². The average Bonchev–Trinajstić information content (AvgIpc) is 1.97. The summed E-state index contributed by atoms with van der Waals surface area (Å²) in [5.74, 6) is -0.355. The van der Waals surface area contributed by atoms with Crippen molar-refractivity contribution in [3.63, 3.8) is 0 Å². The van der Waals surface area contributed by atoms with Gasteiger partial charge >= 0.3 is 5.97 Å². The van der Waals surface area contributed by atoms with Crippen molar-refractivity contribution < 1.29 is 14.0 Å². The van der Waals surface area contributed by atoms with Crippen molar-refractivity contribution in [2.75, 3.05) is 6.61 Å². The van der Waals surface area contributed by atoms with Crippen molar-refractivity contribution >= 4 is 15.0 Å². The molecule has 0 bridgehead atoms. The van der Waals surface area contributed by atoms with Crippen LogP contribution in [0.15, 0.2) is 12.2 Å². The molecule has 0 atom stereocenters. The molecule has 0 aliphatic heterocycles. The van der Waals surface area contributed by atoms with E-state index >= 15 is 0 Å². The molecule has 14 heavy (non-hydrogen) atoms. The third-order valence-corrected chi connectivity index (χ3v) is 2.56. The summed E-state index contributed by atoms with van der Waals surface area (Å²) in [6, 6.07) is 0. The number of carbonyl (C=O) groups is 1. The van der Waals surface area contributed by atoms with Crippen LogP contribution in [0.2, 0.25) is 13.1 Å². The molecule has 0 aliphatic carbocycles. The molecule has 0 heterocycles. The maximum absolute atomic E-state index is 11.1. The number of hydrogen-bond donors (Lipinski definition) is 0. The molecule has 4 heteroatoms. The van der Waals surface area contributed by atoms with Crippen molar-refractivity contribution in [2.24, 2.45) is 0 Å². The summed E-state index contributed by atoms with van der Waals surface area (Å²) in [6.45, 7) is 13.4. The third kappa shape index (κ3) is 5.94. The maximum atomic E-state index is 11.1. The minimum atomic E-state index is -1.10. The molecule has 0 N–H and O–H groups in total. The number of ether oxygens (including phenoxy) is 1. The molecule has 3 nitrogen and oxygen atoms in total. The van der Waals surface area contributed by atoms with Crippen LogP contribution in [-0.4, -0.2) is 27.2 Å². The summed E-state index contributed by atoms with van der Waals surface area (Å²) in [7, 11) is -1.10. The fraction of sp³-hybridized carbons (Fsp3) is 0.700. The standard InChI is InChI=1S/C10H20O3Si/c1-8(2)9(11)12-7-10(3,4)13-14(5)6/h14H,1,7H2,2-6H3. The molecule has 0 rings (SSSR count). The van der Waals surface area contributed by atoms with Crippen LogP contribution in [0.1, 0.15) is 20.8 Å².